The SMILES string of the molecule is CC(C(=O)Nc1cccc(-c2ccc3nncn3n2)c1)n1nc(C2CC2)ccc1=O. The summed E-state index contributed by atoms with van der Waals surface area (Å²) in [4.78, 5) is 25.0. The van der Waals surface area contributed by atoms with Crippen molar-refractivity contribution < 1.29 is 4.79 Å². The number of anilines is 1. The maximum atomic E-state index is 12.8. The highest BCUT2D eigenvalue weighted by atomic mass is 16.2. The lowest BCUT2D eigenvalue weighted by atomic mass is 10.1. The molecule has 1 N–H and O–H groups in total. The standard InChI is InChI=1S/C21H19N7O2/c1-13(28-20(29)10-8-17(26-28)14-5-6-14)21(30)23-16-4-2-3-15(11-16)18-7-9-19-24-22-12-27(19)25-18/h2-4,7-14H,5-6H2,1H3,(H,23,30). The number of aromatic nitrogens is 6. The Morgan fingerprint density at radius 3 is 2.83 bits per heavy atom. The first-order valence-corrected chi connectivity index (χ1v) is 9.76. The lowest BCUT2D eigenvalue weighted by Crippen LogP contribution is -2.33. The molecule has 9 nitrogen and oxygen atoms in total. The maximum absolute atomic E-state index is 12.8. The number of hydrogen-bond donors (Lipinski definition) is 1. The van der Waals surface area contributed by atoms with Crippen LogP contribution in [0, 0.1) is 0 Å². The smallest absolute Gasteiger partial charge is 0.267 e. The zero-order valence-electron chi connectivity index (χ0n) is 16.3. The van der Waals surface area contributed by atoms with Crippen molar-refractivity contribution in [3.63, 3.8) is 0 Å². The molecule has 0 bridgehead atoms. The highest BCUT2D eigenvalue weighted by Gasteiger charge is 2.27. The van der Waals surface area contributed by atoms with Crippen LogP contribution in [0.4, 0.5) is 5.69 Å². The highest BCUT2D eigenvalue weighted by molar-refractivity contribution is 5.94. The van der Waals surface area contributed by atoms with E-state index in [0.717, 1.165) is 29.8 Å². The van der Waals surface area contributed by atoms with Gasteiger partial charge < -0.3 is 5.32 Å². The summed E-state index contributed by atoms with van der Waals surface area (Å²) in [6, 6.07) is 13.6. The molecule has 1 fully saturated rings. The Bertz CT molecular complexity index is 1310. The molecule has 3 aromatic heterocycles. The third-order valence-electron chi connectivity index (χ3n) is 5.18. The van der Waals surface area contributed by atoms with Crippen LogP contribution in [0.15, 0.2) is 59.7 Å². The summed E-state index contributed by atoms with van der Waals surface area (Å²) in [5, 5.41) is 19.5. The van der Waals surface area contributed by atoms with Crippen LogP contribution in [-0.2, 0) is 4.79 Å². The van der Waals surface area contributed by atoms with Crippen LogP contribution in [0.3, 0.4) is 0 Å². The van der Waals surface area contributed by atoms with Gasteiger partial charge in [0.15, 0.2) is 5.65 Å². The second-order valence-electron chi connectivity index (χ2n) is 7.41. The largest absolute Gasteiger partial charge is 0.324 e. The minimum Gasteiger partial charge on any atom is -0.324 e. The molecule has 5 rings (SSSR count). The topological polar surface area (TPSA) is 107 Å². The number of fused-ring (bicyclic) bond motifs is 1. The highest BCUT2D eigenvalue weighted by Crippen LogP contribution is 2.38. The van der Waals surface area contributed by atoms with Crippen molar-refractivity contribution in [2.45, 2.75) is 31.7 Å². The molecule has 1 aromatic carbocycles. The van der Waals surface area contributed by atoms with Crippen LogP contribution in [0.1, 0.15) is 37.4 Å². The first kappa shape index (κ1) is 18.2. The molecule has 0 aliphatic heterocycles. The number of carbonyl (C=O) groups is 1. The van der Waals surface area contributed by atoms with Crippen LogP contribution in [0.5, 0.6) is 0 Å². The van der Waals surface area contributed by atoms with Crippen molar-refractivity contribution in [3.05, 3.63) is 70.9 Å². The molecule has 1 amide bonds. The molecule has 9 heteroatoms. The van der Waals surface area contributed by atoms with E-state index in [1.54, 1.807) is 23.6 Å². The van der Waals surface area contributed by atoms with Gasteiger partial charge in [-0.2, -0.15) is 14.7 Å². The number of benzene rings is 1. The Labute approximate surface area is 171 Å². The van der Waals surface area contributed by atoms with E-state index in [2.05, 4.69) is 25.7 Å². The van der Waals surface area contributed by atoms with Gasteiger partial charge in [-0.3, -0.25) is 9.59 Å². The molecule has 1 aliphatic rings. The maximum Gasteiger partial charge on any atom is 0.267 e. The summed E-state index contributed by atoms with van der Waals surface area (Å²) in [7, 11) is 0. The van der Waals surface area contributed by atoms with E-state index in [0.29, 0.717) is 17.3 Å². The van der Waals surface area contributed by atoms with Crippen LogP contribution in [0.25, 0.3) is 16.9 Å². The monoisotopic (exact) mass is 401 g/mol. The predicted molar refractivity (Wildman–Crippen MR) is 110 cm³/mol. The number of nitrogens with zero attached hydrogens (tertiary/aromatic N) is 6. The molecule has 0 saturated heterocycles. The number of hydrogen-bond acceptors (Lipinski definition) is 6. The van der Waals surface area contributed by atoms with Gasteiger partial charge in [0.1, 0.15) is 12.4 Å². The first-order valence-electron chi connectivity index (χ1n) is 9.76. The number of nitrogens with one attached hydrogen (secondary N) is 1. The fourth-order valence-corrected chi connectivity index (χ4v) is 3.31. The zero-order valence-corrected chi connectivity index (χ0v) is 16.3. The molecular weight excluding hydrogens is 382 g/mol. The summed E-state index contributed by atoms with van der Waals surface area (Å²) >= 11 is 0. The normalized spacial score (nSPS) is 14.6. The molecule has 30 heavy (non-hydrogen) atoms. The molecular formula is C21H19N7O2. The van der Waals surface area contributed by atoms with Gasteiger partial charge in [0.2, 0.25) is 5.91 Å². The summed E-state index contributed by atoms with van der Waals surface area (Å²) in [6.45, 7) is 1.67. The van der Waals surface area contributed by atoms with Crippen molar-refractivity contribution in [3.8, 4) is 11.3 Å². The van der Waals surface area contributed by atoms with E-state index in [-0.39, 0.29) is 11.5 Å². The summed E-state index contributed by atoms with van der Waals surface area (Å²) < 4.78 is 2.85. The number of rotatable bonds is 5. The molecule has 1 saturated carbocycles. The molecule has 150 valence electrons. The summed E-state index contributed by atoms with van der Waals surface area (Å²) in [5.74, 6) is 0.0937. The molecule has 4 aromatic rings. The fourth-order valence-electron chi connectivity index (χ4n) is 3.31. The first-order chi connectivity index (χ1) is 14.6. The Morgan fingerprint density at radius 2 is 2.00 bits per heavy atom. The third kappa shape index (κ3) is 3.45. The lowest BCUT2D eigenvalue weighted by Gasteiger charge is -2.15. The molecule has 0 radical (unpaired) electrons. The van der Waals surface area contributed by atoms with E-state index in [1.165, 1.54) is 17.1 Å². The van der Waals surface area contributed by atoms with Crippen molar-refractivity contribution in [1.29, 1.82) is 0 Å². The van der Waals surface area contributed by atoms with E-state index in [4.69, 9.17) is 0 Å². The van der Waals surface area contributed by atoms with Crippen LogP contribution in [-0.4, -0.2) is 35.5 Å². The summed E-state index contributed by atoms with van der Waals surface area (Å²) in [6.07, 6.45) is 3.69. The van der Waals surface area contributed by atoms with Gasteiger partial charge in [-0.1, -0.05) is 12.1 Å². The van der Waals surface area contributed by atoms with Crippen molar-refractivity contribution >= 4 is 17.2 Å². The lowest BCUT2D eigenvalue weighted by molar-refractivity contribution is -0.119. The van der Waals surface area contributed by atoms with E-state index in [9.17, 15) is 9.59 Å². The minimum absolute atomic E-state index is 0.290. The molecule has 0 spiro atoms. The van der Waals surface area contributed by atoms with Crippen molar-refractivity contribution in [2.24, 2.45) is 0 Å². The Balaban J connectivity index is 1.38. The average Bonchev–Trinajstić information content (AvgIpc) is 3.50. The second-order valence-corrected chi connectivity index (χ2v) is 7.41. The Hall–Kier alpha value is -3.88. The minimum atomic E-state index is -0.730. The number of carbonyl (C=O) groups excluding carboxylic acids is 1. The molecule has 1 unspecified atom stereocenters. The second kappa shape index (κ2) is 7.18. The van der Waals surface area contributed by atoms with E-state index < -0.39 is 6.04 Å². The van der Waals surface area contributed by atoms with Gasteiger partial charge in [-0.25, -0.2) is 4.68 Å². The van der Waals surface area contributed by atoms with E-state index >= 15 is 0 Å². The quantitative estimate of drug-likeness (QED) is 0.550. The third-order valence-corrected chi connectivity index (χ3v) is 5.18. The van der Waals surface area contributed by atoms with Crippen LogP contribution >= 0.6 is 0 Å². The van der Waals surface area contributed by atoms with Gasteiger partial charge in [0.25, 0.3) is 5.56 Å². The van der Waals surface area contributed by atoms with Gasteiger partial charge in [0.05, 0.1) is 11.4 Å². The van der Waals surface area contributed by atoms with Gasteiger partial charge in [-0.05, 0) is 50.1 Å². The molecule has 1 atom stereocenters. The number of amides is 1. The van der Waals surface area contributed by atoms with Crippen molar-refractivity contribution in [2.75, 3.05) is 5.32 Å². The average molecular weight is 401 g/mol. The van der Waals surface area contributed by atoms with Crippen LogP contribution in [0.2, 0.25) is 0 Å². The van der Waals surface area contributed by atoms with Crippen molar-refractivity contribution in [1.82, 2.24) is 29.6 Å². The predicted octanol–water partition coefficient (Wildman–Crippen LogP) is 2.43. The van der Waals surface area contributed by atoms with E-state index in [1.807, 2.05) is 30.3 Å². The Morgan fingerprint density at radius 1 is 1.13 bits per heavy atom. The fraction of sp³-hybridized carbons (Fsp3) is 0.238. The molecule has 3 heterocycles. The van der Waals surface area contributed by atoms with Gasteiger partial charge >= 0.3 is 0 Å². The Kier molecular flexibility index (Phi) is 4.35. The zero-order chi connectivity index (χ0) is 20.7. The summed E-state index contributed by atoms with van der Waals surface area (Å²) in [5.41, 5.74) is 3.40. The van der Waals surface area contributed by atoms with Crippen LogP contribution < -0.4 is 10.9 Å². The van der Waals surface area contributed by atoms with Gasteiger partial charge in [0, 0.05) is 23.2 Å². The van der Waals surface area contributed by atoms with Gasteiger partial charge in [-0.15, -0.1) is 10.2 Å². The molecule has 1 aliphatic carbocycles.